The second kappa shape index (κ2) is 17.5. The van der Waals surface area contributed by atoms with Gasteiger partial charge in [-0.1, -0.05) is 55.4 Å². The molecule has 0 spiro atoms. The Hall–Kier alpha value is -3.26. The highest BCUT2D eigenvalue weighted by molar-refractivity contribution is 5.96. The van der Waals surface area contributed by atoms with Gasteiger partial charge in [0.15, 0.2) is 0 Å². The zero-order chi connectivity index (χ0) is 40.5. The Balaban J connectivity index is 2.12. The van der Waals surface area contributed by atoms with Crippen LogP contribution < -0.4 is 16.0 Å². The fraction of sp³-hybridized carbons (Fsp3) is 0.846. The maximum absolute atomic E-state index is 14.3. The molecular weight excluding hydrogens is 678 g/mol. The second-order valence-corrected chi connectivity index (χ2v) is 17.4. The van der Waals surface area contributed by atoms with E-state index in [0.717, 1.165) is 0 Å². The molecule has 302 valence electrons. The molecular formula is C39H69N7O7. The first-order valence-electron chi connectivity index (χ1n) is 19.6. The maximum atomic E-state index is 14.3. The number of nitrogens with one attached hydrogen (secondary N) is 3. The summed E-state index contributed by atoms with van der Waals surface area (Å²) in [5.74, 6) is -2.36. The number of carbonyl (C=O) groups excluding carboxylic acids is 6. The van der Waals surface area contributed by atoms with E-state index in [1.807, 2.05) is 55.4 Å². The number of aliphatic hydroxyl groups is 1. The first-order chi connectivity index (χ1) is 24.5. The Morgan fingerprint density at radius 2 is 0.925 bits per heavy atom. The Morgan fingerprint density at radius 3 is 1.36 bits per heavy atom. The summed E-state index contributed by atoms with van der Waals surface area (Å²) in [6.07, 6.45) is -0.626. The summed E-state index contributed by atoms with van der Waals surface area (Å²) in [7, 11) is 6.16. The average Bonchev–Trinajstić information content (AvgIpc) is 3.92. The van der Waals surface area contributed by atoms with E-state index in [2.05, 4.69) is 16.0 Å². The van der Waals surface area contributed by atoms with Crippen molar-refractivity contribution in [1.29, 1.82) is 0 Å². The topological polar surface area (TPSA) is 172 Å². The van der Waals surface area contributed by atoms with E-state index in [1.165, 1.54) is 33.7 Å². The van der Waals surface area contributed by atoms with Crippen LogP contribution in [0.4, 0.5) is 0 Å². The van der Waals surface area contributed by atoms with Crippen molar-refractivity contribution in [3.05, 3.63) is 0 Å². The normalized spacial score (nSPS) is 39.0. The lowest BCUT2D eigenvalue weighted by Gasteiger charge is -2.39. The summed E-state index contributed by atoms with van der Waals surface area (Å²) >= 11 is 0. The molecule has 0 aromatic heterocycles. The highest BCUT2D eigenvalue weighted by Gasteiger charge is 2.54. The van der Waals surface area contributed by atoms with E-state index in [-0.39, 0.29) is 59.7 Å². The number of aliphatic hydroxyl groups excluding tert-OH is 1. The number of carbonyl (C=O) groups is 6. The molecule has 0 bridgehead atoms. The predicted octanol–water partition coefficient (Wildman–Crippen LogP) is 1.51. The van der Waals surface area contributed by atoms with E-state index in [4.69, 9.17) is 0 Å². The first-order valence-corrected chi connectivity index (χ1v) is 19.6. The summed E-state index contributed by atoms with van der Waals surface area (Å²) < 4.78 is 0. The number of amides is 6. The number of hydrogen-bond donors (Lipinski definition) is 4. The lowest BCUT2D eigenvalue weighted by atomic mass is 9.98. The van der Waals surface area contributed by atoms with Crippen molar-refractivity contribution in [1.82, 2.24) is 35.6 Å². The Kier molecular flexibility index (Phi) is 14.5. The quantitative estimate of drug-likeness (QED) is 0.317. The molecule has 2 aliphatic carbocycles. The third-order valence-corrected chi connectivity index (χ3v) is 12.9. The van der Waals surface area contributed by atoms with Crippen LogP contribution in [0.2, 0.25) is 0 Å². The van der Waals surface area contributed by atoms with Crippen molar-refractivity contribution in [2.24, 2.45) is 47.3 Å². The molecule has 0 radical (unpaired) electrons. The van der Waals surface area contributed by atoms with E-state index in [1.54, 1.807) is 34.9 Å². The number of likely N-dealkylation sites (N-methyl/N-ethyl adjacent to an activating group) is 4. The molecule has 2 saturated carbocycles. The fourth-order valence-electron chi connectivity index (χ4n) is 8.08. The summed E-state index contributed by atoms with van der Waals surface area (Å²) in [6.45, 7) is 20.7. The van der Waals surface area contributed by atoms with Gasteiger partial charge in [-0.3, -0.25) is 34.1 Å². The van der Waals surface area contributed by atoms with Gasteiger partial charge in [0.25, 0.3) is 0 Å². The lowest BCUT2D eigenvalue weighted by Crippen LogP contribution is -2.61. The molecule has 1 heterocycles. The van der Waals surface area contributed by atoms with Crippen molar-refractivity contribution in [3.63, 3.8) is 0 Å². The summed E-state index contributed by atoms with van der Waals surface area (Å²) in [4.78, 5) is 89.6. The van der Waals surface area contributed by atoms with Gasteiger partial charge in [-0.25, -0.2) is 0 Å². The monoisotopic (exact) mass is 748 g/mol. The van der Waals surface area contributed by atoms with E-state index < -0.39 is 78.1 Å². The highest BCUT2D eigenvalue weighted by Crippen LogP contribution is 2.49. The molecule has 0 aromatic carbocycles. The van der Waals surface area contributed by atoms with Crippen molar-refractivity contribution in [2.45, 2.75) is 138 Å². The second-order valence-electron chi connectivity index (χ2n) is 17.4. The van der Waals surface area contributed by atoms with Crippen LogP contribution in [-0.2, 0) is 28.8 Å². The largest absolute Gasteiger partial charge is 0.376 e. The Bertz CT molecular complexity index is 1360. The van der Waals surface area contributed by atoms with Gasteiger partial charge in [0, 0.05) is 28.2 Å². The van der Waals surface area contributed by atoms with E-state index in [0.29, 0.717) is 6.42 Å². The molecule has 1 saturated heterocycles. The van der Waals surface area contributed by atoms with Gasteiger partial charge in [0.1, 0.15) is 36.4 Å². The highest BCUT2D eigenvalue weighted by atomic mass is 16.3. The molecule has 4 N–H and O–H groups in total. The average molecular weight is 748 g/mol. The minimum absolute atomic E-state index is 0.00579. The third kappa shape index (κ3) is 9.71. The molecule has 14 heteroatoms. The molecule has 3 rings (SSSR count). The smallest absolute Gasteiger partial charge is 0.245 e. The minimum Gasteiger partial charge on any atom is -0.376 e. The van der Waals surface area contributed by atoms with Gasteiger partial charge in [-0.05, 0) is 81.0 Å². The predicted molar refractivity (Wildman–Crippen MR) is 203 cm³/mol. The molecule has 14 nitrogen and oxygen atoms in total. The van der Waals surface area contributed by atoms with Gasteiger partial charge in [0.2, 0.25) is 35.4 Å². The van der Waals surface area contributed by atoms with Crippen LogP contribution in [0.5, 0.6) is 0 Å². The van der Waals surface area contributed by atoms with Crippen LogP contribution in [-0.4, -0.2) is 137 Å². The van der Waals surface area contributed by atoms with Crippen molar-refractivity contribution < 1.29 is 33.9 Å². The van der Waals surface area contributed by atoms with Crippen molar-refractivity contribution >= 4 is 35.4 Å². The van der Waals surface area contributed by atoms with Crippen LogP contribution in [0.1, 0.15) is 89.0 Å². The summed E-state index contributed by atoms with van der Waals surface area (Å²) in [6, 6.07) is -6.45. The zero-order valence-electron chi connectivity index (χ0n) is 34.8. The van der Waals surface area contributed by atoms with Crippen molar-refractivity contribution in [2.75, 3.05) is 28.2 Å². The molecule has 12 atom stereocenters. The summed E-state index contributed by atoms with van der Waals surface area (Å²) in [5, 5.41) is 20.8. The standard InChI is InChI=1S/C39H69N7O7/c1-18(2)16-27-34(48)41-31(29-20(5)21(29)6)38(52)45(14)26(11)37(51)46(15)28(17-19(3)4)35(49)42-32(30-22(7)23(30)8)39(53)44(13)25(10)36(50)43(12)24(9)33(47)40-27/h18-32,35,42,49H,16-17H2,1-15H3,(H,40,47)(H,41,48)/t20-,21-,22-,23-,24+,25-,26-,27+,28-,31+,32-,35?/m0/s1. The molecule has 53 heavy (non-hydrogen) atoms. The molecule has 6 amide bonds. The molecule has 1 aliphatic heterocycles. The minimum atomic E-state index is -1.31. The van der Waals surface area contributed by atoms with Gasteiger partial charge in [-0.2, -0.15) is 0 Å². The molecule has 0 aromatic rings. The van der Waals surface area contributed by atoms with Crippen LogP contribution in [0.25, 0.3) is 0 Å². The van der Waals surface area contributed by atoms with Gasteiger partial charge in [-0.15, -0.1) is 0 Å². The number of nitrogens with zero attached hydrogens (tertiary/aromatic N) is 4. The van der Waals surface area contributed by atoms with Crippen LogP contribution in [0.3, 0.4) is 0 Å². The maximum Gasteiger partial charge on any atom is 0.245 e. The lowest BCUT2D eigenvalue weighted by molar-refractivity contribution is -0.149. The van der Waals surface area contributed by atoms with Crippen LogP contribution >= 0.6 is 0 Å². The SMILES string of the molecule is CC(C)C[C@H]1NC(=O)[C@@H](C)N(C)C(=O)[C@H](C)N(C)C(=O)[C@H](C2[C@@H](C)[C@@H]2C)NC(O)[C@H](CC(C)C)N(C)C(=O)[C@H](C)N(C)C(=O)[C@@H](C2[C@@H](C)[C@@H]2C)NC1=O. The molecule has 1 unspecified atom stereocenters. The number of rotatable bonds is 6. The fourth-order valence-corrected chi connectivity index (χ4v) is 8.08. The van der Waals surface area contributed by atoms with Crippen molar-refractivity contribution in [3.8, 4) is 0 Å². The Morgan fingerprint density at radius 1 is 0.528 bits per heavy atom. The van der Waals surface area contributed by atoms with E-state index >= 15 is 0 Å². The molecule has 3 aliphatic rings. The van der Waals surface area contributed by atoms with Gasteiger partial charge < -0.3 is 35.3 Å². The first kappa shape index (κ1) is 44.1. The molecule has 3 fully saturated rings. The van der Waals surface area contributed by atoms with E-state index in [9.17, 15) is 33.9 Å². The summed E-state index contributed by atoms with van der Waals surface area (Å²) in [5.41, 5.74) is 0. The van der Waals surface area contributed by atoms with Gasteiger partial charge >= 0.3 is 0 Å². The third-order valence-electron chi connectivity index (χ3n) is 12.9. The van der Waals surface area contributed by atoms with Crippen LogP contribution in [0, 0.1) is 47.3 Å². The zero-order valence-corrected chi connectivity index (χ0v) is 34.8. The van der Waals surface area contributed by atoms with Crippen LogP contribution in [0.15, 0.2) is 0 Å². The van der Waals surface area contributed by atoms with Gasteiger partial charge in [0.05, 0.1) is 12.1 Å². The number of hydrogen-bond acceptors (Lipinski definition) is 8. The Labute approximate surface area is 317 Å².